The fraction of sp³-hybridized carbons (Fsp3) is 0.0714. The van der Waals surface area contributed by atoms with Crippen molar-refractivity contribution in [2.24, 2.45) is 0 Å². The van der Waals surface area contributed by atoms with Crippen molar-refractivity contribution < 1.29 is 4.79 Å². The maximum atomic E-state index is 12.3. The Balaban J connectivity index is 2.32. The molecule has 0 N–H and O–H groups in total. The predicted octanol–water partition coefficient (Wildman–Crippen LogP) is 3.54. The zero-order valence-corrected chi connectivity index (χ0v) is 12.0. The first kappa shape index (κ1) is 14.3. The number of benzene rings is 1. The Bertz CT molecular complexity index is 710. The molecule has 2 rings (SSSR count). The second-order valence-electron chi connectivity index (χ2n) is 4.02. The fourth-order valence-electron chi connectivity index (χ4n) is 1.63. The van der Waals surface area contributed by atoms with Crippen LogP contribution in [0.25, 0.3) is 0 Å². The van der Waals surface area contributed by atoms with Gasteiger partial charge in [-0.25, -0.2) is 4.98 Å². The summed E-state index contributed by atoms with van der Waals surface area (Å²) in [5.74, 6) is -0.286. The minimum atomic E-state index is -0.286. The third-order valence-corrected chi connectivity index (χ3v) is 3.40. The molecule has 0 radical (unpaired) electrons. The molecule has 1 heterocycles. The molecule has 0 aliphatic carbocycles. The van der Waals surface area contributed by atoms with Gasteiger partial charge in [0.1, 0.15) is 5.15 Å². The van der Waals surface area contributed by atoms with E-state index in [2.05, 4.69) is 4.98 Å². The number of pyridine rings is 1. The number of amides is 1. The van der Waals surface area contributed by atoms with Gasteiger partial charge in [0.05, 0.1) is 22.2 Å². The molecule has 4 nitrogen and oxygen atoms in total. The largest absolute Gasteiger partial charge is 0.311 e. The molecule has 0 saturated carbocycles. The van der Waals surface area contributed by atoms with Gasteiger partial charge in [-0.05, 0) is 24.3 Å². The lowest BCUT2D eigenvalue weighted by molar-refractivity contribution is 0.0992. The number of anilines is 1. The maximum Gasteiger partial charge on any atom is 0.259 e. The van der Waals surface area contributed by atoms with Crippen LogP contribution in [0.15, 0.2) is 36.5 Å². The molecule has 0 bridgehead atoms. The van der Waals surface area contributed by atoms with E-state index in [1.165, 1.54) is 17.2 Å². The standard InChI is InChI=1S/C14H9Cl2N3O/c1-19(11-4-2-3-9(5-11)7-17)14(20)10-6-12(15)13(16)18-8-10/h2-6,8H,1H3. The molecule has 20 heavy (non-hydrogen) atoms. The van der Waals surface area contributed by atoms with Crippen molar-refractivity contribution in [2.75, 3.05) is 11.9 Å². The number of halogens is 2. The van der Waals surface area contributed by atoms with Gasteiger partial charge in [-0.1, -0.05) is 29.3 Å². The fourth-order valence-corrected chi connectivity index (χ4v) is 1.90. The summed E-state index contributed by atoms with van der Waals surface area (Å²) in [6, 6.07) is 10.2. The minimum Gasteiger partial charge on any atom is -0.311 e. The van der Waals surface area contributed by atoms with Gasteiger partial charge in [0.2, 0.25) is 0 Å². The van der Waals surface area contributed by atoms with Crippen LogP contribution >= 0.6 is 23.2 Å². The maximum absolute atomic E-state index is 12.3. The lowest BCUT2D eigenvalue weighted by Crippen LogP contribution is -2.26. The van der Waals surface area contributed by atoms with Gasteiger partial charge in [0, 0.05) is 18.9 Å². The van der Waals surface area contributed by atoms with E-state index in [-0.39, 0.29) is 16.1 Å². The normalized spacial score (nSPS) is 9.90. The summed E-state index contributed by atoms with van der Waals surface area (Å²) in [6.07, 6.45) is 1.36. The van der Waals surface area contributed by atoms with E-state index in [0.29, 0.717) is 16.8 Å². The number of carbonyl (C=O) groups excluding carboxylic acids is 1. The number of nitrogens with zero attached hydrogens (tertiary/aromatic N) is 3. The zero-order valence-electron chi connectivity index (χ0n) is 10.5. The molecule has 1 aromatic heterocycles. The van der Waals surface area contributed by atoms with E-state index in [4.69, 9.17) is 28.5 Å². The van der Waals surface area contributed by atoms with Gasteiger partial charge in [-0.3, -0.25) is 4.79 Å². The van der Waals surface area contributed by atoms with Gasteiger partial charge in [0.25, 0.3) is 5.91 Å². The summed E-state index contributed by atoms with van der Waals surface area (Å²) in [4.78, 5) is 17.6. The number of nitriles is 1. The third kappa shape index (κ3) is 2.90. The monoisotopic (exact) mass is 305 g/mol. The van der Waals surface area contributed by atoms with Crippen molar-refractivity contribution in [3.8, 4) is 6.07 Å². The smallest absolute Gasteiger partial charge is 0.259 e. The number of carbonyl (C=O) groups is 1. The van der Waals surface area contributed by atoms with E-state index in [0.717, 1.165) is 0 Å². The van der Waals surface area contributed by atoms with E-state index < -0.39 is 0 Å². The molecular formula is C14H9Cl2N3O. The lowest BCUT2D eigenvalue weighted by atomic mass is 10.2. The van der Waals surface area contributed by atoms with Crippen molar-refractivity contribution >= 4 is 34.8 Å². The third-order valence-electron chi connectivity index (χ3n) is 2.71. The number of rotatable bonds is 2. The Morgan fingerprint density at radius 3 is 2.75 bits per heavy atom. The molecule has 0 aliphatic rings. The average molecular weight is 306 g/mol. The van der Waals surface area contributed by atoms with Crippen LogP contribution < -0.4 is 4.90 Å². The highest BCUT2D eigenvalue weighted by atomic mass is 35.5. The van der Waals surface area contributed by atoms with Crippen LogP contribution in [0.4, 0.5) is 5.69 Å². The highest BCUT2D eigenvalue weighted by Crippen LogP contribution is 2.22. The van der Waals surface area contributed by atoms with Gasteiger partial charge < -0.3 is 4.90 Å². The van der Waals surface area contributed by atoms with Crippen LogP contribution in [-0.4, -0.2) is 17.9 Å². The summed E-state index contributed by atoms with van der Waals surface area (Å²) in [6.45, 7) is 0. The molecule has 1 aromatic carbocycles. The lowest BCUT2D eigenvalue weighted by Gasteiger charge is -2.17. The second-order valence-corrected chi connectivity index (χ2v) is 4.79. The van der Waals surface area contributed by atoms with Crippen molar-refractivity contribution in [2.45, 2.75) is 0 Å². The summed E-state index contributed by atoms with van der Waals surface area (Å²) < 4.78 is 0. The van der Waals surface area contributed by atoms with Crippen LogP contribution in [0.1, 0.15) is 15.9 Å². The van der Waals surface area contributed by atoms with Crippen molar-refractivity contribution in [3.63, 3.8) is 0 Å². The highest BCUT2D eigenvalue weighted by molar-refractivity contribution is 6.41. The Morgan fingerprint density at radius 2 is 2.10 bits per heavy atom. The van der Waals surface area contributed by atoms with E-state index in [9.17, 15) is 4.79 Å². The van der Waals surface area contributed by atoms with Crippen molar-refractivity contribution in [1.29, 1.82) is 5.26 Å². The van der Waals surface area contributed by atoms with Crippen LogP contribution in [0, 0.1) is 11.3 Å². The van der Waals surface area contributed by atoms with Crippen molar-refractivity contribution in [1.82, 2.24) is 4.98 Å². The topological polar surface area (TPSA) is 57.0 Å². The number of aromatic nitrogens is 1. The molecule has 0 spiro atoms. The summed E-state index contributed by atoms with van der Waals surface area (Å²) >= 11 is 11.6. The SMILES string of the molecule is CN(C(=O)c1cnc(Cl)c(Cl)c1)c1cccc(C#N)c1. The molecule has 0 saturated heterocycles. The molecule has 0 fully saturated rings. The van der Waals surface area contributed by atoms with Gasteiger partial charge in [-0.15, -0.1) is 0 Å². The van der Waals surface area contributed by atoms with Gasteiger partial charge >= 0.3 is 0 Å². The molecule has 1 amide bonds. The van der Waals surface area contributed by atoms with Gasteiger partial charge in [0.15, 0.2) is 0 Å². The predicted molar refractivity (Wildman–Crippen MR) is 78.1 cm³/mol. The van der Waals surface area contributed by atoms with E-state index in [1.54, 1.807) is 31.3 Å². The summed E-state index contributed by atoms with van der Waals surface area (Å²) in [5, 5.41) is 9.24. The molecule has 0 atom stereocenters. The minimum absolute atomic E-state index is 0.150. The quantitative estimate of drug-likeness (QED) is 0.797. The first-order chi connectivity index (χ1) is 9.52. The van der Waals surface area contributed by atoms with Crippen LogP contribution in [0.2, 0.25) is 10.2 Å². The van der Waals surface area contributed by atoms with E-state index >= 15 is 0 Å². The Hall–Kier alpha value is -2.09. The van der Waals surface area contributed by atoms with Crippen molar-refractivity contribution in [3.05, 3.63) is 57.8 Å². The Kier molecular flexibility index (Phi) is 4.23. The molecule has 0 aliphatic heterocycles. The molecule has 6 heteroatoms. The number of hydrogen-bond acceptors (Lipinski definition) is 3. The van der Waals surface area contributed by atoms with E-state index in [1.807, 2.05) is 6.07 Å². The summed E-state index contributed by atoms with van der Waals surface area (Å²) in [7, 11) is 1.61. The summed E-state index contributed by atoms with van der Waals surface area (Å²) in [5.41, 5.74) is 1.42. The molecule has 0 unspecified atom stereocenters. The van der Waals surface area contributed by atoms with Gasteiger partial charge in [-0.2, -0.15) is 5.26 Å². The van der Waals surface area contributed by atoms with Crippen LogP contribution in [-0.2, 0) is 0 Å². The Labute approximate surface area is 126 Å². The van der Waals surface area contributed by atoms with Crippen LogP contribution in [0.5, 0.6) is 0 Å². The first-order valence-electron chi connectivity index (χ1n) is 5.62. The second kappa shape index (κ2) is 5.91. The molecular weight excluding hydrogens is 297 g/mol. The molecule has 2 aromatic rings. The zero-order chi connectivity index (χ0) is 14.7. The average Bonchev–Trinajstić information content (AvgIpc) is 2.48. The number of hydrogen-bond donors (Lipinski definition) is 0. The van der Waals surface area contributed by atoms with Crippen LogP contribution in [0.3, 0.4) is 0 Å². The first-order valence-corrected chi connectivity index (χ1v) is 6.38. The molecule has 100 valence electrons. The Morgan fingerprint density at radius 1 is 1.35 bits per heavy atom. The highest BCUT2D eigenvalue weighted by Gasteiger charge is 2.15.